The fraction of sp³-hybridized carbons (Fsp3) is 0.647. The Bertz CT molecular complexity index is 821. The molecule has 9 nitrogen and oxygen atoms in total. The summed E-state index contributed by atoms with van der Waals surface area (Å²) in [6, 6.07) is 4.08. The number of primary sulfonamides is 1. The van der Waals surface area contributed by atoms with Crippen LogP contribution in [0.1, 0.15) is 33.1 Å². The predicted octanol–water partition coefficient (Wildman–Crippen LogP) is 1.37. The maximum Gasteiger partial charge on any atom is 0.293 e. The molecule has 1 unspecified atom stereocenters. The lowest BCUT2D eigenvalue weighted by Gasteiger charge is -2.44. The molecule has 2 fully saturated rings. The third-order valence-electron chi connectivity index (χ3n) is 5.24. The molecule has 0 bridgehead atoms. The van der Waals surface area contributed by atoms with E-state index in [1.165, 1.54) is 12.1 Å². The van der Waals surface area contributed by atoms with Crippen LogP contribution in [0.3, 0.4) is 0 Å². The summed E-state index contributed by atoms with van der Waals surface area (Å²) >= 11 is 0. The van der Waals surface area contributed by atoms with Gasteiger partial charge >= 0.3 is 0 Å². The van der Waals surface area contributed by atoms with E-state index in [9.17, 15) is 18.5 Å². The molecule has 150 valence electrons. The Morgan fingerprint density at radius 2 is 2.07 bits per heavy atom. The molecule has 2 heterocycles. The average molecular weight is 398 g/mol. The van der Waals surface area contributed by atoms with Gasteiger partial charge in [0.05, 0.1) is 15.4 Å². The van der Waals surface area contributed by atoms with E-state index in [2.05, 4.69) is 10.2 Å². The molecular weight excluding hydrogens is 372 g/mol. The molecule has 0 radical (unpaired) electrons. The van der Waals surface area contributed by atoms with Crippen molar-refractivity contribution in [2.75, 3.05) is 24.6 Å². The van der Waals surface area contributed by atoms with E-state index in [0.29, 0.717) is 12.3 Å². The molecule has 27 heavy (non-hydrogen) atoms. The molecular formula is C17H26N4O5S. The van der Waals surface area contributed by atoms with Crippen molar-refractivity contribution in [2.24, 2.45) is 5.14 Å². The molecule has 0 aromatic heterocycles. The van der Waals surface area contributed by atoms with Crippen LogP contribution in [0, 0.1) is 10.1 Å². The third-order valence-corrected chi connectivity index (χ3v) is 6.15. The van der Waals surface area contributed by atoms with Gasteiger partial charge in [0.2, 0.25) is 10.0 Å². The van der Waals surface area contributed by atoms with E-state index in [1.54, 1.807) is 0 Å². The highest BCUT2D eigenvalue weighted by Gasteiger charge is 2.38. The molecule has 1 aromatic carbocycles. The highest BCUT2D eigenvalue weighted by atomic mass is 32.2. The lowest BCUT2D eigenvalue weighted by molar-refractivity contribution is -0.384. The summed E-state index contributed by atoms with van der Waals surface area (Å²) in [6.07, 6.45) is 2.36. The number of rotatable bonds is 5. The molecule has 3 rings (SSSR count). The maximum absolute atomic E-state index is 11.7. The Balaban J connectivity index is 2.07. The van der Waals surface area contributed by atoms with Crippen LogP contribution in [0.5, 0.6) is 0 Å². The number of nitrogens with two attached hydrogens (primary N) is 1. The van der Waals surface area contributed by atoms with Crippen molar-refractivity contribution < 1.29 is 18.1 Å². The van der Waals surface area contributed by atoms with Crippen molar-refractivity contribution in [3.05, 3.63) is 28.3 Å². The topological polar surface area (TPSA) is 128 Å². The number of hydrogen-bond acceptors (Lipinski definition) is 7. The van der Waals surface area contributed by atoms with Gasteiger partial charge in [-0.05, 0) is 51.8 Å². The van der Waals surface area contributed by atoms with E-state index < -0.39 is 14.9 Å². The van der Waals surface area contributed by atoms with Gasteiger partial charge in [-0.2, -0.15) is 0 Å². The Kier molecular flexibility index (Phi) is 5.44. The summed E-state index contributed by atoms with van der Waals surface area (Å²) in [5.41, 5.74) is -0.121. The largest absolute Gasteiger partial charge is 0.375 e. The molecule has 0 saturated carbocycles. The predicted molar refractivity (Wildman–Crippen MR) is 101 cm³/mol. The highest BCUT2D eigenvalue weighted by Crippen LogP contribution is 2.38. The molecule has 2 aliphatic heterocycles. The lowest BCUT2D eigenvalue weighted by Crippen LogP contribution is -2.51. The van der Waals surface area contributed by atoms with Crippen molar-refractivity contribution in [3.8, 4) is 0 Å². The minimum atomic E-state index is -4.02. The molecule has 0 spiro atoms. The number of ether oxygens (including phenoxy) is 1. The summed E-state index contributed by atoms with van der Waals surface area (Å²) in [5.74, 6) is 0. The molecule has 2 atom stereocenters. The fourth-order valence-corrected chi connectivity index (χ4v) is 4.58. The molecule has 0 aliphatic carbocycles. The van der Waals surface area contributed by atoms with Crippen LogP contribution < -0.4 is 15.4 Å². The monoisotopic (exact) mass is 398 g/mol. The van der Waals surface area contributed by atoms with Gasteiger partial charge < -0.3 is 15.0 Å². The first-order chi connectivity index (χ1) is 12.6. The van der Waals surface area contributed by atoms with Crippen molar-refractivity contribution in [1.82, 2.24) is 5.32 Å². The number of sulfonamides is 1. The standard InChI is InChI=1S/C17H26N4O5S/c1-17(2)10-12(6-8-26-17)20(13-5-7-19-11-13)15-4-3-14(27(18,24)25)9-16(15)21(22)23/h3-4,9,12-13,19H,5-8,10-11H2,1-2H3,(H2,18,24,25)/t12?,13-/m0/s1. The van der Waals surface area contributed by atoms with Crippen LogP contribution in [0.15, 0.2) is 23.1 Å². The number of nitrogens with one attached hydrogen (secondary N) is 1. The Labute approximate surface area is 159 Å². The number of nitro groups is 1. The van der Waals surface area contributed by atoms with Crippen molar-refractivity contribution in [2.45, 2.75) is 55.7 Å². The minimum absolute atomic E-state index is 0.0673. The summed E-state index contributed by atoms with van der Waals surface area (Å²) in [6.45, 7) is 6.19. The summed E-state index contributed by atoms with van der Waals surface area (Å²) in [4.78, 5) is 13.0. The van der Waals surface area contributed by atoms with E-state index in [0.717, 1.165) is 38.4 Å². The van der Waals surface area contributed by atoms with Gasteiger partial charge in [-0.3, -0.25) is 10.1 Å². The van der Waals surface area contributed by atoms with E-state index >= 15 is 0 Å². The molecule has 1 aromatic rings. The number of nitrogens with zero attached hydrogens (tertiary/aromatic N) is 2. The smallest absolute Gasteiger partial charge is 0.293 e. The maximum atomic E-state index is 11.7. The quantitative estimate of drug-likeness (QED) is 0.566. The fourth-order valence-electron chi connectivity index (χ4n) is 4.05. The van der Waals surface area contributed by atoms with Crippen LogP contribution >= 0.6 is 0 Å². The summed E-state index contributed by atoms with van der Waals surface area (Å²) in [5, 5.41) is 20.2. The molecule has 2 saturated heterocycles. The summed E-state index contributed by atoms with van der Waals surface area (Å²) in [7, 11) is -4.02. The van der Waals surface area contributed by atoms with Crippen LogP contribution in [0.4, 0.5) is 11.4 Å². The Morgan fingerprint density at radius 3 is 2.63 bits per heavy atom. The van der Waals surface area contributed by atoms with Gasteiger partial charge in [-0.25, -0.2) is 13.6 Å². The van der Waals surface area contributed by atoms with Crippen LogP contribution in [0.2, 0.25) is 0 Å². The van der Waals surface area contributed by atoms with Gasteiger partial charge in [-0.1, -0.05) is 0 Å². The first-order valence-corrected chi connectivity index (χ1v) is 10.6. The first-order valence-electron chi connectivity index (χ1n) is 9.03. The third kappa shape index (κ3) is 4.40. The number of nitro benzene ring substituents is 1. The Morgan fingerprint density at radius 1 is 1.33 bits per heavy atom. The second-order valence-corrected chi connectivity index (χ2v) is 9.32. The zero-order chi connectivity index (χ0) is 19.8. The zero-order valence-electron chi connectivity index (χ0n) is 15.6. The second-order valence-electron chi connectivity index (χ2n) is 7.76. The number of anilines is 1. The van der Waals surface area contributed by atoms with E-state index in [-0.39, 0.29) is 28.3 Å². The average Bonchev–Trinajstić information content (AvgIpc) is 3.07. The highest BCUT2D eigenvalue weighted by molar-refractivity contribution is 7.89. The van der Waals surface area contributed by atoms with Crippen LogP contribution in [0.25, 0.3) is 0 Å². The Hall–Kier alpha value is -1.75. The molecule has 2 aliphatic rings. The SMILES string of the molecule is CC1(C)CC(N(c2ccc(S(N)(=O)=O)cc2[N+](=O)[O-])[C@H]2CCNC2)CCO1. The van der Waals surface area contributed by atoms with Crippen LogP contribution in [-0.4, -0.2) is 50.7 Å². The van der Waals surface area contributed by atoms with Gasteiger partial charge in [0, 0.05) is 31.3 Å². The van der Waals surface area contributed by atoms with Crippen LogP contribution in [-0.2, 0) is 14.8 Å². The second kappa shape index (κ2) is 7.34. The van der Waals surface area contributed by atoms with Crippen molar-refractivity contribution in [1.29, 1.82) is 0 Å². The van der Waals surface area contributed by atoms with Crippen molar-refractivity contribution >= 4 is 21.4 Å². The molecule has 10 heteroatoms. The van der Waals surface area contributed by atoms with Gasteiger partial charge in [0.25, 0.3) is 5.69 Å². The van der Waals surface area contributed by atoms with Gasteiger partial charge in [0.1, 0.15) is 5.69 Å². The summed E-state index contributed by atoms with van der Waals surface area (Å²) < 4.78 is 29.1. The normalized spacial score (nSPS) is 25.3. The lowest BCUT2D eigenvalue weighted by atomic mass is 9.91. The zero-order valence-corrected chi connectivity index (χ0v) is 16.4. The van der Waals surface area contributed by atoms with E-state index in [1.807, 2.05) is 13.8 Å². The van der Waals surface area contributed by atoms with Crippen molar-refractivity contribution in [3.63, 3.8) is 0 Å². The molecule has 3 N–H and O–H groups in total. The molecule has 0 amide bonds. The van der Waals surface area contributed by atoms with Gasteiger partial charge in [0.15, 0.2) is 0 Å². The van der Waals surface area contributed by atoms with Gasteiger partial charge in [-0.15, -0.1) is 0 Å². The number of hydrogen-bond donors (Lipinski definition) is 2. The minimum Gasteiger partial charge on any atom is -0.375 e. The number of benzene rings is 1. The first kappa shape index (κ1) is 20.0. The van der Waals surface area contributed by atoms with E-state index in [4.69, 9.17) is 9.88 Å².